The summed E-state index contributed by atoms with van der Waals surface area (Å²) < 4.78 is 0.322. The largest absolute Gasteiger partial charge is 0.395 e. The smallest absolute Gasteiger partial charge is 0.0587 e. The minimum absolute atomic E-state index is 0.223. The predicted octanol–water partition coefficient (Wildman–Crippen LogP) is 2.51. The van der Waals surface area contributed by atoms with E-state index < -0.39 is 0 Å². The number of rotatable bonds is 6. The lowest BCUT2D eigenvalue weighted by atomic mass is 10.0. The van der Waals surface area contributed by atoms with Gasteiger partial charge in [-0.3, -0.25) is 0 Å². The highest BCUT2D eigenvalue weighted by molar-refractivity contribution is 8.00. The Labute approximate surface area is 99.2 Å². The van der Waals surface area contributed by atoms with Crippen molar-refractivity contribution in [1.29, 1.82) is 0 Å². The minimum atomic E-state index is 0.223. The Bertz CT molecular complexity index is 165. The topological polar surface area (TPSA) is 32.3 Å². The molecule has 0 heterocycles. The third-order valence-corrected chi connectivity index (χ3v) is 3.80. The Morgan fingerprint density at radius 3 is 2.07 bits per heavy atom. The van der Waals surface area contributed by atoms with Crippen molar-refractivity contribution in [1.82, 2.24) is 5.32 Å². The van der Waals surface area contributed by atoms with Gasteiger partial charge in [0.15, 0.2) is 0 Å². The molecule has 0 aliphatic rings. The summed E-state index contributed by atoms with van der Waals surface area (Å²) in [5, 5.41) is 12.7. The molecule has 0 radical (unpaired) electrons. The minimum Gasteiger partial charge on any atom is -0.395 e. The second kappa shape index (κ2) is 6.77. The van der Waals surface area contributed by atoms with Crippen molar-refractivity contribution in [3.8, 4) is 0 Å². The number of nitrogens with one attached hydrogen (secondary N) is 1. The van der Waals surface area contributed by atoms with Gasteiger partial charge in [-0.25, -0.2) is 0 Å². The Morgan fingerprint density at radius 1 is 1.20 bits per heavy atom. The first-order chi connectivity index (χ1) is 6.76. The maximum atomic E-state index is 9.20. The summed E-state index contributed by atoms with van der Waals surface area (Å²) in [6.07, 6.45) is 0. The predicted molar refractivity (Wildman–Crippen MR) is 70.5 cm³/mol. The number of hydrogen-bond donors (Lipinski definition) is 2. The van der Waals surface area contributed by atoms with Crippen LogP contribution < -0.4 is 5.32 Å². The first-order valence-corrected chi connectivity index (χ1v) is 6.75. The Balaban J connectivity index is 3.86. The van der Waals surface area contributed by atoms with Gasteiger partial charge in [0, 0.05) is 22.6 Å². The van der Waals surface area contributed by atoms with Crippen LogP contribution in [0.5, 0.6) is 0 Å². The molecule has 2 atom stereocenters. The van der Waals surface area contributed by atoms with Gasteiger partial charge in [-0.2, -0.15) is 11.8 Å². The summed E-state index contributed by atoms with van der Waals surface area (Å²) in [7, 11) is 0. The summed E-state index contributed by atoms with van der Waals surface area (Å²) in [4.78, 5) is 0. The fourth-order valence-corrected chi connectivity index (χ4v) is 2.09. The molecule has 15 heavy (non-hydrogen) atoms. The van der Waals surface area contributed by atoms with Crippen molar-refractivity contribution in [2.24, 2.45) is 5.92 Å². The summed E-state index contributed by atoms with van der Waals surface area (Å²) in [5.74, 6) is 1.57. The molecular formula is C12H27NOS. The van der Waals surface area contributed by atoms with Crippen molar-refractivity contribution in [3.63, 3.8) is 0 Å². The molecule has 2 N–H and O–H groups in total. The SMILES string of the molecule is CC(C)[C@@H](CO)N[C@@H](C)CSC(C)(C)C. The molecular weight excluding hydrogens is 206 g/mol. The van der Waals surface area contributed by atoms with E-state index in [0.29, 0.717) is 16.7 Å². The average Bonchev–Trinajstić information content (AvgIpc) is 2.09. The van der Waals surface area contributed by atoms with Crippen LogP contribution >= 0.6 is 11.8 Å². The first-order valence-electron chi connectivity index (χ1n) is 5.77. The van der Waals surface area contributed by atoms with Crippen LogP contribution in [0, 0.1) is 5.92 Å². The van der Waals surface area contributed by atoms with Crippen LogP contribution in [0.4, 0.5) is 0 Å². The molecule has 0 aliphatic heterocycles. The molecule has 0 aromatic carbocycles. The van der Waals surface area contributed by atoms with E-state index in [1.54, 1.807) is 0 Å². The number of aliphatic hydroxyl groups is 1. The van der Waals surface area contributed by atoms with Crippen LogP contribution in [0.2, 0.25) is 0 Å². The summed E-state index contributed by atoms with van der Waals surface area (Å²) in [6.45, 7) is 13.4. The molecule has 0 aliphatic carbocycles. The Kier molecular flexibility index (Phi) is 6.89. The van der Waals surface area contributed by atoms with Crippen molar-refractivity contribution in [2.75, 3.05) is 12.4 Å². The van der Waals surface area contributed by atoms with Gasteiger partial charge in [-0.1, -0.05) is 34.6 Å². The van der Waals surface area contributed by atoms with E-state index in [2.05, 4.69) is 46.9 Å². The van der Waals surface area contributed by atoms with Gasteiger partial charge in [0.05, 0.1) is 6.61 Å². The zero-order valence-corrected chi connectivity index (χ0v) is 11.8. The lowest BCUT2D eigenvalue weighted by molar-refractivity contribution is 0.204. The molecule has 0 aromatic heterocycles. The van der Waals surface area contributed by atoms with Gasteiger partial charge in [-0.05, 0) is 12.8 Å². The summed E-state index contributed by atoms with van der Waals surface area (Å²) in [5.41, 5.74) is 0. The van der Waals surface area contributed by atoms with Crippen molar-refractivity contribution in [3.05, 3.63) is 0 Å². The van der Waals surface area contributed by atoms with Gasteiger partial charge in [0.1, 0.15) is 0 Å². The highest BCUT2D eigenvalue weighted by Crippen LogP contribution is 2.23. The van der Waals surface area contributed by atoms with Gasteiger partial charge in [0.2, 0.25) is 0 Å². The molecule has 0 saturated carbocycles. The van der Waals surface area contributed by atoms with Crippen LogP contribution in [0.25, 0.3) is 0 Å². The van der Waals surface area contributed by atoms with E-state index in [4.69, 9.17) is 0 Å². The third-order valence-electron chi connectivity index (χ3n) is 2.27. The monoisotopic (exact) mass is 233 g/mol. The fourth-order valence-electron chi connectivity index (χ4n) is 1.24. The first kappa shape index (κ1) is 15.3. The molecule has 3 heteroatoms. The molecule has 0 fully saturated rings. The van der Waals surface area contributed by atoms with Gasteiger partial charge in [-0.15, -0.1) is 0 Å². The molecule has 0 amide bonds. The third kappa shape index (κ3) is 8.12. The van der Waals surface area contributed by atoms with E-state index in [0.717, 1.165) is 5.75 Å². The number of hydrogen-bond acceptors (Lipinski definition) is 3. The molecule has 0 bridgehead atoms. The molecule has 0 spiro atoms. The van der Waals surface area contributed by atoms with E-state index in [-0.39, 0.29) is 12.6 Å². The lowest BCUT2D eigenvalue weighted by Gasteiger charge is -2.26. The Hall–Kier alpha value is 0.270. The molecule has 0 unspecified atom stereocenters. The second-order valence-corrected chi connectivity index (χ2v) is 7.37. The molecule has 0 rings (SSSR count). The Morgan fingerprint density at radius 2 is 1.73 bits per heavy atom. The zero-order valence-electron chi connectivity index (χ0n) is 11.0. The van der Waals surface area contributed by atoms with E-state index in [1.165, 1.54) is 0 Å². The average molecular weight is 233 g/mol. The normalized spacial score (nSPS) is 16.8. The molecule has 92 valence electrons. The lowest BCUT2D eigenvalue weighted by Crippen LogP contribution is -2.43. The van der Waals surface area contributed by atoms with Crippen molar-refractivity contribution < 1.29 is 5.11 Å². The zero-order chi connectivity index (χ0) is 12.1. The van der Waals surface area contributed by atoms with Crippen LogP contribution in [0.3, 0.4) is 0 Å². The van der Waals surface area contributed by atoms with Gasteiger partial charge < -0.3 is 10.4 Å². The highest BCUT2D eigenvalue weighted by atomic mass is 32.2. The molecule has 0 saturated heterocycles. The van der Waals surface area contributed by atoms with Crippen molar-refractivity contribution in [2.45, 2.75) is 58.4 Å². The van der Waals surface area contributed by atoms with Crippen LogP contribution in [-0.2, 0) is 0 Å². The standard InChI is InChI=1S/C12H27NOS/c1-9(2)11(7-14)13-10(3)8-15-12(4,5)6/h9-11,13-14H,7-8H2,1-6H3/t10-,11+/m0/s1. The quantitative estimate of drug-likeness (QED) is 0.739. The van der Waals surface area contributed by atoms with Gasteiger partial charge >= 0.3 is 0 Å². The van der Waals surface area contributed by atoms with Crippen LogP contribution in [-0.4, -0.2) is 34.3 Å². The second-order valence-electron chi connectivity index (χ2n) is 5.52. The van der Waals surface area contributed by atoms with E-state index in [9.17, 15) is 5.11 Å². The maximum Gasteiger partial charge on any atom is 0.0587 e. The fraction of sp³-hybridized carbons (Fsp3) is 1.00. The van der Waals surface area contributed by atoms with Gasteiger partial charge in [0.25, 0.3) is 0 Å². The maximum absolute atomic E-state index is 9.20. The summed E-state index contributed by atoms with van der Waals surface area (Å²) >= 11 is 1.96. The van der Waals surface area contributed by atoms with Crippen LogP contribution in [0.1, 0.15) is 41.5 Å². The van der Waals surface area contributed by atoms with Crippen molar-refractivity contribution >= 4 is 11.8 Å². The molecule has 0 aromatic rings. The number of aliphatic hydroxyl groups excluding tert-OH is 1. The summed E-state index contributed by atoms with van der Waals surface area (Å²) in [6, 6.07) is 0.675. The van der Waals surface area contributed by atoms with Crippen LogP contribution in [0.15, 0.2) is 0 Å². The molecule has 2 nitrogen and oxygen atoms in total. The highest BCUT2D eigenvalue weighted by Gasteiger charge is 2.17. The number of thioether (sulfide) groups is 1. The van der Waals surface area contributed by atoms with E-state index >= 15 is 0 Å². The van der Waals surface area contributed by atoms with E-state index in [1.807, 2.05) is 11.8 Å².